The normalized spacial score (nSPS) is 17.3. The first-order valence-corrected chi connectivity index (χ1v) is 9.18. The van der Waals surface area contributed by atoms with Gasteiger partial charge in [-0.3, -0.25) is 4.79 Å². The highest BCUT2D eigenvalue weighted by Gasteiger charge is 2.29. The SMILES string of the molecule is COc1ccccc1N1CCN(C(=O)c2cc(C)nc(C3CC3)n2)CC1. The molecule has 0 spiro atoms. The molecule has 2 fully saturated rings. The summed E-state index contributed by atoms with van der Waals surface area (Å²) < 4.78 is 5.46. The minimum absolute atomic E-state index is 0.0112. The van der Waals surface area contributed by atoms with Gasteiger partial charge in [0.1, 0.15) is 17.3 Å². The van der Waals surface area contributed by atoms with Gasteiger partial charge in [-0.15, -0.1) is 0 Å². The molecule has 0 atom stereocenters. The number of anilines is 1. The number of aromatic nitrogens is 2. The summed E-state index contributed by atoms with van der Waals surface area (Å²) in [5.41, 5.74) is 2.49. The molecule has 0 bridgehead atoms. The van der Waals surface area contributed by atoms with Gasteiger partial charge in [0.05, 0.1) is 12.8 Å². The standard InChI is InChI=1S/C20H24N4O2/c1-14-13-16(22-19(21-14)15-7-8-15)20(25)24-11-9-23(10-12-24)17-5-3-4-6-18(17)26-2/h3-6,13,15H,7-12H2,1-2H3. The third kappa shape index (κ3) is 3.36. The summed E-state index contributed by atoms with van der Waals surface area (Å²) in [5, 5.41) is 0. The van der Waals surface area contributed by atoms with Crippen molar-refractivity contribution in [3.8, 4) is 5.75 Å². The zero-order chi connectivity index (χ0) is 18.1. The summed E-state index contributed by atoms with van der Waals surface area (Å²) in [6, 6.07) is 9.82. The fraction of sp³-hybridized carbons (Fsp3) is 0.450. The lowest BCUT2D eigenvalue weighted by Crippen LogP contribution is -2.49. The van der Waals surface area contributed by atoms with Gasteiger partial charge in [-0.25, -0.2) is 9.97 Å². The molecule has 1 saturated carbocycles. The molecule has 1 aliphatic heterocycles. The van der Waals surface area contributed by atoms with E-state index in [1.165, 1.54) is 0 Å². The summed E-state index contributed by atoms with van der Waals surface area (Å²) in [4.78, 5) is 26.1. The summed E-state index contributed by atoms with van der Waals surface area (Å²) in [6.07, 6.45) is 2.27. The number of carbonyl (C=O) groups excluding carboxylic acids is 1. The Kier molecular flexibility index (Phi) is 4.49. The van der Waals surface area contributed by atoms with E-state index in [1.807, 2.05) is 30.0 Å². The molecule has 2 heterocycles. The number of methoxy groups -OCH3 is 1. The lowest BCUT2D eigenvalue weighted by atomic mass is 10.2. The van der Waals surface area contributed by atoms with Crippen LogP contribution in [0.1, 0.15) is 40.8 Å². The molecule has 0 N–H and O–H groups in total. The molecule has 0 unspecified atom stereocenters. The van der Waals surface area contributed by atoms with Crippen molar-refractivity contribution < 1.29 is 9.53 Å². The van der Waals surface area contributed by atoms with Gasteiger partial charge < -0.3 is 14.5 Å². The van der Waals surface area contributed by atoms with Gasteiger partial charge in [0.2, 0.25) is 0 Å². The third-order valence-electron chi connectivity index (χ3n) is 5.03. The van der Waals surface area contributed by atoms with Gasteiger partial charge in [0, 0.05) is 37.8 Å². The fourth-order valence-electron chi connectivity index (χ4n) is 3.43. The smallest absolute Gasteiger partial charge is 0.272 e. The Morgan fingerprint density at radius 2 is 1.85 bits per heavy atom. The van der Waals surface area contributed by atoms with E-state index in [2.05, 4.69) is 20.9 Å². The van der Waals surface area contributed by atoms with Crippen LogP contribution in [0, 0.1) is 6.92 Å². The number of hydrogen-bond acceptors (Lipinski definition) is 5. The zero-order valence-corrected chi connectivity index (χ0v) is 15.3. The predicted molar refractivity (Wildman–Crippen MR) is 99.9 cm³/mol. The van der Waals surface area contributed by atoms with Gasteiger partial charge in [-0.05, 0) is 38.0 Å². The topological polar surface area (TPSA) is 58.6 Å². The maximum absolute atomic E-state index is 12.9. The molecule has 1 aromatic heterocycles. The van der Waals surface area contributed by atoms with Crippen LogP contribution >= 0.6 is 0 Å². The van der Waals surface area contributed by atoms with Crippen LogP contribution in [0.15, 0.2) is 30.3 Å². The molecule has 2 aliphatic rings. The van der Waals surface area contributed by atoms with Crippen molar-refractivity contribution in [2.24, 2.45) is 0 Å². The van der Waals surface area contributed by atoms with E-state index in [-0.39, 0.29) is 5.91 Å². The lowest BCUT2D eigenvalue weighted by Gasteiger charge is -2.36. The van der Waals surface area contributed by atoms with E-state index in [1.54, 1.807) is 13.2 Å². The van der Waals surface area contributed by atoms with E-state index in [0.29, 0.717) is 24.7 Å². The second kappa shape index (κ2) is 6.94. The average Bonchev–Trinajstić information content (AvgIpc) is 3.52. The van der Waals surface area contributed by atoms with Gasteiger partial charge in [0.25, 0.3) is 5.91 Å². The lowest BCUT2D eigenvalue weighted by molar-refractivity contribution is 0.0740. The van der Waals surface area contributed by atoms with Crippen molar-refractivity contribution in [3.63, 3.8) is 0 Å². The molecule has 6 nitrogen and oxygen atoms in total. The second-order valence-electron chi connectivity index (χ2n) is 6.98. The Bertz CT molecular complexity index is 811. The van der Waals surface area contributed by atoms with Crippen molar-refractivity contribution in [2.75, 3.05) is 38.2 Å². The van der Waals surface area contributed by atoms with Gasteiger partial charge in [-0.1, -0.05) is 12.1 Å². The van der Waals surface area contributed by atoms with Gasteiger partial charge in [-0.2, -0.15) is 0 Å². The Balaban J connectivity index is 1.45. The number of para-hydroxylation sites is 2. The van der Waals surface area contributed by atoms with E-state index in [4.69, 9.17) is 4.74 Å². The number of benzene rings is 1. The molecule has 0 radical (unpaired) electrons. The first kappa shape index (κ1) is 16.8. The quantitative estimate of drug-likeness (QED) is 0.847. The summed E-state index contributed by atoms with van der Waals surface area (Å²) in [7, 11) is 1.69. The number of piperazine rings is 1. The Labute approximate surface area is 153 Å². The number of hydrogen-bond donors (Lipinski definition) is 0. The number of amides is 1. The molecule has 1 saturated heterocycles. The third-order valence-corrected chi connectivity index (χ3v) is 5.03. The first-order valence-electron chi connectivity index (χ1n) is 9.18. The highest BCUT2D eigenvalue weighted by molar-refractivity contribution is 5.92. The number of nitrogens with zero attached hydrogens (tertiary/aromatic N) is 4. The summed E-state index contributed by atoms with van der Waals surface area (Å²) in [6.45, 7) is 4.86. The maximum Gasteiger partial charge on any atom is 0.272 e. The minimum Gasteiger partial charge on any atom is -0.495 e. The van der Waals surface area contributed by atoms with Crippen LogP contribution in [0.4, 0.5) is 5.69 Å². The molecule has 136 valence electrons. The zero-order valence-electron chi connectivity index (χ0n) is 15.3. The largest absolute Gasteiger partial charge is 0.495 e. The second-order valence-corrected chi connectivity index (χ2v) is 6.98. The Hall–Kier alpha value is -2.63. The minimum atomic E-state index is 0.0112. The number of rotatable bonds is 4. The maximum atomic E-state index is 12.9. The van der Waals surface area contributed by atoms with Crippen LogP contribution in [0.3, 0.4) is 0 Å². The van der Waals surface area contributed by atoms with Crippen LogP contribution in [-0.4, -0.2) is 54.1 Å². The Morgan fingerprint density at radius 3 is 2.54 bits per heavy atom. The van der Waals surface area contributed by atoms with Crippen molar-refractivity contribution in [1.29, 1.82) is 0 Å². The van der Waals surface area contributed by atoms with Crippen molar-refractivity contribution >= 4 is 11.6 Å². The molecular weight excluding hydrogens is 328 g/mol. The van der Waals surface area contributed by atoms with E-state index >= 15 is 0 Å². The van der Waals surface area contributed by atoms with Crippen LogP contribution in [0.2, 0.25) is 0 Å². The predicted octanol–water partition coefficient (Wildman–Crippen LogP) is 2.63. The molecule has 6 heteroatoms. The van der Waals surface area contributed by atoms with Crippen molar-refractivity contribution in [2.45, 2.75) is 25.7 Å². The van der Waals surface area contributed by atoms with Crippen molar-refractivity contribution in [3.05, 3.63) is 47.5 Å². The Morgan fingerprint density at radius 1 is 1.12 bits per heavy atom. The molecule has 2 aromatic rings. The molecule has 4 rings (SSSR count). The van der Waals surface area contributed by atoms with E-state index in [9.17, 15) is 4.79 Å². The van der Waals surface area contributed by atoms with Crippen LogP contribution in [0.5, 0.6) is 5.75 Å². The molecule has 1 aromatic carbocycles. The van der Waals surface area contributed by atoms with E-state index in [0.717, 1.165) is 48.9 Å². The number of ether oxygens (including phenoxy) is 1. The summed E-state index contributed by atoms with van der Waals surface area (Å²) in [5.74, 6) is 2.16. The fourth-order valence-corrected chi connectivity index (χ4v) is 3.43. The van der Waals surface area contributed by atoms with Gasteiger partial charge in [0.15, 0.2) is 0 Å². The molecule has 1 aliphatic carbocycles. The van der Waals surface area contributed by atoms with Gasteiger partial charge >= 0.3 is 0 Å². The monoisotopic (exact) mass is 352 g/mol. The highest BCUT2D eigenvalue weighted by Crippen LogP contribution is 2.38. The van der Waals surface area contributed by atoms with Crippen LogP contribution < -0.4 is 9.64 Å². The molecular formula is C20H24N4O2. The average molecular weight is 352 g/mol. The van der Waals surface area contributed by atoms with Crippen LogP contribution in [-0.2, 0) is 0 Å². The number of carbonyl (C=O) groups is 1. The first-order chi connectivity index (χ1) is 12.7. The summed E-state index contributed by atoms with van der Waals surface area (Å²) >= 11 is 0. The van der Waals surface area contributed by atoms with Crippen LogP contribution in [0.25, 0.3) is 0 Å². The molecule has 1 amide bonds. The molecule has 26 heavy (non-hydrogen) atoms. The van der Waals surface area contributed by atoms with Crippen molar-refractivity contribution in [1.82, 2.24) is 14.9 Å². The highest BCUT2D eigenvalue weighted by atomic mass is 16.5. The van der Waals surface area contributed by atoms with E-state index < -0.39 is 0 Å². The number of aryl methyl sites for hydroxylation is 1.